The van der Waals surface area contributed by atoms with Gasteiger partial charge in [-0.05, 0) is 58.7 Å². The average Bonchev–Trinajstić information content (AvgIpc) is 3.54. The first-order valence-corrected chi connectivity index (χ1v) is 14.2. The molecule has 3 heterocycles. The molecule has 0 spiro atoms. The van der Waals surface area contributed by atoms with Crippen LogP contribution in [0.15, 0.2) is 24.1 Å². The zero-order valence-corrected chi connectivity index (χ0v) is 24.5. The number of piperidine rings is 1. The van der Waals surface area contributed by atoms with Gasteiger partial charge in [-0.15, -0.1) is 0 Å². The van der Waals surface area contributed by atoms with Crippen LogP contribution in [-0.4, -0.2) is 95.2 Å². The molecular weight excluding hydrogens is 480 g/mol. The van der Waals surface area contributed by atoms with E-state index in [1.54, 1.807) is 15.9 Å². The normalized spacial score (nSPS) is 19.6. The van der Waals surface area contributed by atoms with Crippen LogP contribution in [0.3, 0.4) is 0 Å². The van der Waals surface area contributed by atoms with Gasteiger partial charge in [0.2, 0.25) is 5.91 Å². The second kappa shape index (κ2) is 13.8. The van der Waals surface area contributed by atoms with E-state index in [1.807, 2.05) is 31.4 Å². The summed E-state index contributed by atoms with van der Waals surface area (Å²) in [5.41, 5.74) is 4.76. The van der Waals surface area contributed by atoms with Crippen molar-refractivity contribution in [2.45, 2.75) is 84.9 Å². The van der Waals surface area contributed by atoms with Crippen molar-refractivity contribution < 1.29 is 14.3 Å². The van der Waals surface area contributed by atoms with Crippen molar-refractivity contribution in [1.82, 2.24) is 29.6 Å². The van der Waals surface area contributed by atoms with Crippen LogP contribution < -0.4 is 5.32 Å². The maximum Gasteiger partial charge on any atom is 0.410 e. The number of ether oxygens (including phenoxy) is 1. The van der Waals surface area contributed by atoms with E-state index in [0.717, 1.165) is 43.7 Å². The maximum atomic E-state index is 12.9. The number of aromatic nitrogens is 2. The Hall–Kier alpha value is -2.81. The fourth-order valence-electron chi connectivity index (χ4n) is 5.13. The van der Waals surface area contributed by atoms with Gasteiger partial charge >= 0.3 is 6.09 Å². The Morgan fingerprint density at radius 3 is 2.45 bits per heavy atom. The van der Waals surface area contributed by atoms with E-state index < -0.39 is 0 Å². The molecule has 2 amide bonds. The highest BCUT2D eigenvalue weighted by Gasteiger charge is 2.31. The number of hydrogen-bond acceptors (Lipinski definition) is 6. The number of likely N-dealkylation sites (N-methyl/N-ethyl adjacent to an activating group) is 1. The molecule has 9 nitrogen and oxygen atoms in total. The molecule has 1 N–H and O–H groups in total. The number of likely N-dealkylation sites (tertiary alicyclic amines) is 2. The minimum atomic E-state index is -0.268. The summed E-state index contributed by atoms with van der Waals surface area (Å²) in [5, 5.41) is 3.80. The van der Waals surface area contributed by atoms with Crippen LogP contribution >= 0.6 is 0 Å². The van der Waals surface area contributed by atoms with E-state index in [0.29, 0.717) is 38.5 Å². The van der Waals surface area contributed by atoms with Crippen LogP contribution in [-0.2, 0) is 16.1 Å². The summed E-state index contributed by atoms with van der Waals surface area (Å²) >= 11 is 0. The van der Waals surface area contributed by atoms with Gasteiger partial charge in [-0.2, -0.15) is 0 Å². The summed E-state index contributed by atoms with van der Waals surface area (Å²) in [5.74, 6) is 0.356. The summed E-state index contributed by atoms with van der Waals surface area (Å²) in [6.45, 7) is 15.0. The molecule has 0 radical (unpaired) electrons. The molecule has 2 aliphatic rings. The van der Waals surface area contributed by atoms with Gasteiger partial charge in [-0.3, -0.25) is 4.79 Å². The van der Waals surface area contributed by atoms with E-state index in [4.69, 9.17) is 9.72 Å². The van der Waals surface area contributed by atoms with Crippen molar-refractivity contribution in [3.63, 3.8) is 0 Å². The van der Waals surface area contributed by atoms with Gasteiger partial charge in [0.05, 0.1) is 18.6 Å². The zero-order valence-electron chi connectivity index (χ0n) is 24.5. The van der Waals surface area contributed by atoms with E-state index in [1.165, 1.54) is 11.3 Å². The predicted octanol–water partition coefficient (Wildman–Crippen LogP) is 4.08. The minimum Gasteiger partial charge on any atom is -0.444 e. The predicted molar refractivity (Wildman–Crippen MR) is 152 cm³/mol. The van der Waals surface area contributed by atoms with Crippen molar-refractivity contribution in [1.29, 1.82) is 0 Å². The second-order valence-corrected chi connectivity index (χ2v) is 11.1. The van der Waals surface area contributed by atoms with Gasteiger partial charge < -0.3 is 29.3 Å². The van der Waals surface area contributed by atoms with Crippen molar-refractivity contribution in [3.05, 3.63) is 35.4 Å². The van der Waals surface area contributed by atoms with Crippen LogP contribution in [0.25, 0.3) is 5.70 Å². The highest BCUT2D eigenvalue weighted by atomic mass is 16.6. The molecule has 3 rings (SSSR count). The molecule has 2 saturated heterocycles. The zero-order chi connectivity index (χ0) is 27.8. The Kier molecular flexibility index (Phi) is 10.8. The number of carbonyl (C=O) groups excluding carboxylic acids is 2. The number of nitrogens with zero attached hydrogens (tertiary/aromatic N) is 5. The molecule has 2 aliphatic heterocycles. The van der Waals surface area contributed by atoms with Crippen LogP contribution in [0, 0.1) is 0 Å². The molecule has 38 heavy (non-hydrogen) atoms. The molecule has 1 aromatic rings. The SMILES string of the molecule is CC/C(C)=C(\NC1CCN(C(=O)OC2CCN(C(=O)/C=C/CN(C)C)C2)CC1)c1ncn(CC)c1C(C)C. The largest absolute Gasteiger partial charge is 0.444 e. The van der Waals surface area contributed by atoms with Crippen LogP contribution in [0.5, 0.6) is 0 Å². The van der Waals surface area contributed by atoms with Crippen molar-refractivity contribution in [2.75, 3.05) is 46.8 Å². The fourth-order valence-corrected chi connectivity index (χ4v) is 5.13. The summed E-state index contributed by atoms with van der Waals surface area (Å²) in [4.78, 5) is 35.6. The van der Waals surface area contributed by atoms with Gasteiger partial charge in [0.15, 0.2) is 0 Å². The number of allylic oxidation sites excluding steroid dienone is 1. The number of nitrogens with one attached hydrogen (secondary N) is 1. The molecule has 212 valence electrons. The molecule has 1 atom stereocenters. The number of hydrogen-bond donors (Lipinski definition) is 1. The molecule has 9 heteroatoms. The van der Waals surface area contributed by atoms with E-state index in [9.17, 15) is 9.59 Å². The third-order valence-electron chi connectivity index (χ3n) is 7.52. The lowest BCUT2D eigenvalue weighted by Crippen LogP contribution is -2.45. The molecule has 0 aromatic carbocycles. The average molecular weight is 529 g/mol. The fraction of sp³-hybridized carbons (Fsp3) is 0.690. The monoisotopic (exact) mass is 528 g/mol. The highest BCUT2D eigenvalue weighted by Crippen LogP contribution is 2.28. The third-order valence-corrected chi connectivity index (χ3v) is 7.52. The molecule has 2 fully saturated rings. The lowest BCUT2D eigenvalue weighted by Gasteiger charge is -2.33. The number of carbonyl (C=O) groups is 2. The molecule has 0 bridgehead atoms. The summed E-state index contributed by atoms with van der Waals surface area (Å²) in [6, 6.07) is 0.274. The number of imidazole rings is 1. The third kappa shape index (κ3) is 7.62. The Balaban J connectivity index is 1.53. The molecule has 0 saturated carbocycles. The van der Waals surface area contributed by atoms with Gasteiger partial charge in [0.1, 0.15) is 11.8 Å². The van der Waals surface area contributed by atoms with Gasteiger partial charge in [-0.1, -0.05) is 26.8 Å². The lowest BCUT2D eigenvalue weighted by atomic mass is 10.00. The van der Waals surface area contributed by atoms with Gasteiger partial charge in [0.25, 0.3) is 0 Å². The van der Waals surface area contributed by atoms with Gasteiger partial charge in [0, 0.05) is 57.0 Å². The summed E-state index contributed by atoms with van der Waals surface area (Å²) < 4.78 is 8.03. The first-order chi connectivity index (χ1) is 18.1. The molecule has 1 aromatic heterocycles. The Bertz CT molecular complexity index is 1000. The maximum absolute atomic E-state index is 12.9. The van der Waals surface area contributed by atoms with Crippen LogP contribution in [0.4, 0.5) is 4.79 Å². The molecule has 1 unspecified atom stereocenters. The van der Waals surface area contributed by atoms with Crippen molar-refractivity contribution in [2.24, 2.45) is 0 Å². The number of amides is 2. The molecule has 0 aliphatic carbocycles. The van der Waals surface area contributed by atoms with E-state index in [2.05, 4.69) is 44.5 Å². The summed E-state index contributed by atoms with van der Waals surface area (Å²) in [6.07, 6.45) is 8.26. The number of rotatable bonds is 10. The number of aryl methyl sites for hydroxylation is 1. The van der Waals surface area contributed by atoms with Crippen LogP contribution in [0.1, 0.15) is 77.6 Å². The smallest absolute Gasteiger partial charge is 0.410 e. The second-order valence-electron chi connectivity index (χ2n) is 11.1. The van der Waals surface area contributed by atoms with E-state index in [-0.39, 0.29) is 24.1 Å². The van der Waals surface area contributed by atoms with Crippen LogP contribution in [0.2, 0.25) is 0 Å². The first kappa shape index (κ1) is 29.7. The minimum absolute atomic E-state index is 0.0205. The summed E-state index contributed by atoms with van der Waals surface area (Å²) in [7, 11) is 3.93. The van der Waals surface area contributed by atoms with Gasteiger partial charge in [-0.25, -0.2) is 9.78 Å². The highest BCUT2D eigenvalue weighted by molar-refractivity contribution is 5.87. The first-order valence-electron chi connectivity index (χ1n) is 14.2. The van der Waals surface area contributed by atoms with Crippen molar-refractivity contribution in [3.8, 4) is 0 Å². The van der Waals surface area contributed by atoms with E-state index >= 15 is 0 Å². The lowest BCUT2D eigenvalue weighted by molar-refractivity contribution is -0.125. The molecular formula is C29H48N6O3. The Morgan fingerprint density at radius 1 is 1.16 bits per heavy atom. The van der Waals surface area contributed by atoms with Crippen molar-refractivity contribution >= 4 is 17.7 Å². The Morgan fingerprint density at radius 2 is 1.84 bits per heavy atom. The standard InChI is InChI=1S/C29H48N6O3/c1-8-22(5)26(27-28(21(3)4)33(9-2)20-30-27)31-23-12-16-34(17-13-23)29(37)38-24-14-18-35(19-24)25(36)11-10-15-32(6)7/h10-11,20-21,23-24,31H,8-9,12-19H2,1-7H3/b11-10+,26-22-. The topological polar surface area (TPSA) is 82.9 Å². The quantitative estimate of drug-likeness (QED) is 0.461. The Labute approximate surface area is 228 Å².